The maximum atomic E-state index is 14.0. The number of ether oxygens (including phenoxy) is 2. The van der Waals surface area contributed by atoms with Gasteiger partial charge in [-0.2, -0.15) is 5.10 Å². The third-order valence-corrected chi connectivity index (χ3v) is 7.71. The van der Waals surface area contributed by atoms with E-state index in [0.717, 1.165) is 27.4 Å². The lowest BCUT2D eigenvalue weighted by atomic mass is 9.92. The summed E-state index contributed by atoms with van der Waals surface area (Å²) >= 11 is 1.52. The van der Waals surface area contributed by atoms with Gasteiger partial charge in [0.15, 0.2) is 17.5 Å². The van der Waals surface area contributed by atoms with E-state index in [9.17, 15) is 24.1 Å². The van der Waals surface area contributed by atoms with Crippen LogP contribution in [0.2, 0.25) is 0 Å². The van der Waals surface area contributed by atoms with Crippen LogP contribution in [0.4, 0.5) is 8.78 Å². The van der Waals surface area contributed by atoms with Gasteiger partial charge in [0.05, 0.1) is 40.8 Å². The van der Waals surface area contributed by atoms with Crippen LogP contribution in [0.1, 0.15) is 23.0 Å². The Morgan fingerprint density at radius 2 is 1.93 bits per heavy atom. The Bertz CT molecular complexity index is 1690. The summed E-state index contributed by atoms with van der Waals surface area (Å²) in [6, 6.07) is 6.20. The van der Waals surface area contributed by atoms with Gasteiger partial charge in [-0.05, 0) is 31.2 Å². The Kier molecular flexibility index (Phi) is 6.75. The van der Waals surface area contributed by atoms with Gasteiger partial charge < -0.3 is 24.8 Å². The number of rotatable bonds is 6. The van der Waals surface area contributed by atoms with Crippen LogP contribution in [0, 0.1) is 18.6 Å². The van der Waals surface area contributed by atoms with Gasteiger partial charge in [-0.25, -0.2) is 28.1 Å². The lowest BCUT2D eigenvalue weighted by molar-refractivity contribution is -0.210. The second-order valence-electron chi connectivity index (χ2n) is 9.21. The number of methoxy groups -OCH3 is 1. The van der Waals surface area contributed by atoms with Crippen molar-refractivity contribution >= 4 is 21.6 Å². The Morgan fingerprint density at radius 3 is 2.70 bits per heavy atom. The van der Waals surface area contributed by atoms with E-state index in [0.29, 0.717) is 5.69 Å². The van der Waals surface area contributed by atoms with Crippen molar-refractivity contribution in [2.24, 2.45) is 0 Å². The molecule has 0 unspecified atom stereocenters. The summed E-state index contributed by atoms with van der Waals surface area (Å²) in [6.07, 6.45) is -2.45. The third kappa shape index (κ3) is 4.41. The van der Waals surface area contributed by atoms with Gasteiger partial charge in [-0.15, -0.1) is 16.4 Å². The first kappa shape index (κ1) is 26.3. The quantitative estimate of drug-likeness (QED) is 0.276. The van der Waals surface area contributed by atoms with Crippen molar-refractivity contribution in [2.45, 2.75) is 37.4 Å². The predicted molar refractivity (Wildman–Crippen MR) is 137 cm³/mol. The minimum Gasteiger partial charge on any atom is -0.496 e. The van der Waals surface area contributed by atoms with Crippen LogP contribution in [0.3, 0.4) is 0 Å². The fourth-order valence-corrected chi connectivity index (χ4v) is 5.74. The number of thiazole rings is 1. The molecule has 1 fully saturated rings. The minimum atomic E-state index is -1.43. The molecule has 40 heavy (non-hydrogen) atoms. The van der Waals surface area contributed by atoms with Gasteiger partial charge in [0.2, 0.25) is 0 Å². The van der Waals surface area contributed by atoms with Gasteiger partial charge >= 0.3 is 0 Å². The molecule has 5 atom stereocenters. The maximum Gasteiger partial charge on any atom is 0.163 e. The smallest absolute Gasteiger partial charge is 0.163 e. The van der Waals surface area contributed by atoms with Crippen LogP contribution in [0.15, 0.2) is 42.9 Å². The topological polar surface area (TPSA) is 153 Å². The molecule has 15 heteroatoms. The number of benzene rings is 2. The number of aliphatic hydroxyl groups is 3. The number of halogens is 2. The molecule has 6 rings (SSSR count). The van der Waals surface area contributed by atoms with Crippen LogP contribution in [-0.4, -0.2) is 82.1 Å². The Morgan fingerprint density at radius 1 is 1.12 bits per heavy atom. The van der Waals surface area contributed by atoms with E-state index in [2.05, 4.69) is 25.4 Å². The average molecular weight is 572 g/mol. The van der Waals surface area contributed by atoms with E-state index >= 15 is 0 Å². The normalized spacial score (nSPS) is 23.1. The Balaban J connectivity index is 1.37. The van der Waals surface area contributed by atoms with Crippen molar-refractivity contribution in [2.75, 3.05) is 13.7 Å². The lowest BCUT2D eigenvalue weighted by Crippen LogP contribution is -2.53. The molecule has 3 N–H and O–H groups in total. The Hall–Kier alpha value is -3.89. The van der Waals surface area contributed by atoms with Gasteiger partial charge in [-0.1, -0.05) is 5.21 Å². The molecule has 0 spiro atoms. The molecule has 0 aliphatic carbocycles. The van der Waals surface area contributed by atoms with Crippen LogP contribution >= 0.6 is 11.3 Å². The molecule has 1 aliphatic heterocycles. The standard InChI is InChI=1S/C25H23F2N7O5S/c1-11-30-16-4-3-12(5-20(16)40-11)34-25(28-10-29-34)24-23(37)21(22(36)19(9-35)39-24)33-8-17(31-32-33)13-6-14(26)15(27)7-18(13)38-2/h3-8,10,19,21-24,35-37H,9H2,1-2H3/t19-,21+,22+,23-,24-/m1/s1. The third-order valence-electron chi connectivity index (χ3n) is 6.78. The van der Waals surface area contributed by atoms with Crippen molar-refractivity contribution in [3.63, 3.8) is 0 Å². The van der Waals surface area contributed by atoms with E-state index in [4.69, 9.17) is 9.47 Å². The van der Waals surface area contributed by atoms with Gasteiger partial charge in [0.1, 0.15) is 48.2 Å². The molecule has 1 aliphatic rings. The molecule has 208 valence electrons. The highest BCUT2D eigenvalue weighted by atomic mass is 32.1. The second-order valence-corrected chi connectivity index (χ2v) is 10.4. The predicted octanol–water partition coefficient (Wildman–Crippen LogP) is 2.13. The van der Waals surface area contributed by atoms with Gasteiger partial charge in [0, 0.05) is 11.6 Å². The second kappa shape index (κ2) is 10.3. The fraction of sp³-hybridized carbons (Fsp3) is 0.320. The lowest BCUT2D eigenvalue weighted by Gasteiger charge is -2.41. The first-order chi connectivity index (χ1) is 19.3. The van der Waals surface area contributed by atoms with E-state index in [1.165, 1.54) is 40.3 Å². The summed E-state index contributed by atoms with van der Waals surface area (Å²) < 4.78 is 42.4. The maximum absolute atomic E-state index is 14.0. The molecule has 3 aromatic heterocycles. The molecule has 12 nitrogen and oxygen atoms in total. The van der Waals surface area contributed by atoms with Gasteiger partial charge in [-0.3, -0.25) is 0 Å². The van der Waals surface area contributed by atoms with E-state index in [-0.39, 0.29) is 22.8 Å². The molecule has 1 saturated heterocycles. The number of aryl methyl sites for hydroxylation is 1. The molecule has 2 aromatic carbocycles. The van der Waals surface area contributed by atoms with Crippen LogP contribution in [-0.2, 0) is 4.74 Å². The van der Waals surface area contributed by atoms with E-state index < -0.39 is 48.7 Å². The number of aromatic nitrogens is 7. The first-order valence-corrected chi connectivity index (χ1v) is 13.0. The number of nitrogens with zero attached hydrogens (tertiary/aromatic N) is 7. The SMILES string of the molecule is COc1cc(F)c(F)cc1-c1cn([C@H]2[C@@H](O)[C@@H](CO)O[C@@H](c3ncnn3-c3ccc4nc(C)sc4c3)[C@@H]2O)nn1. The summed E-state index contributed by atoms with van der Waals surface area (Å²) in [7, 11) is 1.30. The molecule has 0 bridgehead atoms. The molecular formula is C25H23F2N7O5S. The number of fused-ring (bicyclic) bond motifs is 1. The van der Waals surface area contributed by atoms with E-state index in [1.807, 2.05) is 25.1 Å². The number of aliphatic hydroxyl groups excluding tert-OH is 3. The highest BCUT2D eigenvalue weighted by Crippen LogP contribution is 2.39. The van der Waals surface area contributed by atoms with Crippen molar-refractivity contribution in [3.8, 4) is 22.7 Å². The molecule has 0 amide bonds. The zero-order chi connectivity index (χ0) is 28.1. The van der Waals surface area contributed by atoms with Crippen molar-refractivity contribution in [1.29, 1.82) is 0 Å². The minimum absolute atomic E-state index is 0.0198. The Labute approximate surface area is 229 Å². The zero-order valence-electron chi connectivity index (χ0n) is 21.1. The molecule has 4 heterocycles. The molecule has 5 aromatic rings. The highest BCUT2D eigenvalue weighted by Gasteiger charge is 2.48. The van der Waals surface area contributed by atoms with Crippen molar-refractivity contribution in [3.05, 3.63) is 65.3 Å². The first-order valence-electron chi connectivity index (χ1n) is 12.1. The van der Waals surface area contributed by atoms with E-state index in [1.54, 1.807) is 0 Å². The van der Waals surface area contributed by atoms with Crippen LogP contribution in [0.5, 0.6) is 5.75 Å². The van der Waals surface area contributed by atoms with Crippen LogP contribution < -0.4 is 4.74 Å². The largest absolute Gasteiger partial charge is 0.496 e. The van der Waals surface area contributed by atoms with Crippen molar-refractivity contribution in [1.82, 2.24) is 34.7 Å². The zero-order valence-corrected chi connectivity index (χ0v) is 21.9. The highest BCUT2D eigenvalue weighted by molar-refractivity contribution is 7.18. The summed E-state index contributed by atoms with van der Waals surface area (Å²) in [5, 5.41) is 45.8. The summed E-state index contributed by atoms with van der Waals surface area (Å²) in [4.78, 5) is 8.79. The summed E-state index contributed by atoms with van der Waals surface area (Å²) in [5.41, 5.74) is 1.71. The summed E-state index contributed by atoms with van der Waals surface area (Å²) in [6.45, 7) is 1.34. The van der Waals surface area contributed by atoms with Crippen LogP contribution in [0.25, 0.3) is 27.2 Å². The summed E-state index contributed by atoms with van der Waals surface area (Å²) in [5.74, 6) is -1.95. The van der Waals surface area contributed by atoms with Crippen molar-refractivity contribution < 1.29 is 33.6 Å². The number of hydrogen-bond acceptors (Lipinski definition) is 11. The average Bonchev–Trinajstić information content (AvgIpc) is 3.69. The fourth-order valence-electron chi connectivity index (χ4n) is 4.88. The van der Waals surface area contributed by atoms with Gasteiger partial charge in [0.25, 0.3) is 0 Å². The molecular weight excluding hydrogens is 548 g/mol. The molecule has 0 saturated carbocycles. The number of hydrogen-bond donors (Lipinski definition) is 3. The monoisotopic (exact) mass is 571 g/mol. The molecule has 0 radical (unpaired) electrons.